The molecule has 146 valence electrons. The summed E-state index contributed by atoms with van der Waals surface area (Å²) in [6.07, 6.45) is 0.657. The van der Waals surface area contributed by atoms with E-state index in [0.717, 1.165) is 11.3 Å². The van der Waals surface area contributed by atoms with E-state index >= 15 is 0 Å². The first-order valence-corrected chi connectivity index (χ1v) is 10.5. The predicted octanol–water partition coefficient (Wildman–Crippen LogP) is 3.14. The number of nitrogens with zero attached hydrogens (tertiary/aromatic N) is 3. The van der Waals surface area contributed by atoms with Crippen LogP contribution in [0.3, 0.4) is 0 Å². The van der Waals surface area contributed by atoms with Crippen LogP contribution in [0.25, 0.3) is 0 Å². The van der Waals surface area contributed by atoms with Crippen molar-refractivity contribution in [2.45, 2.75) is 30.8 Å². The zero-order valence-electron chi connectivity index (χ0n) is 15.5. The van der Waals surface area contributed by atoms with Gasteiger partial charge in [0.2, 0.25) is 10.0 Å². The van der Waals surface area contributed by atoms with Crippen molar-refractivity contribution in [2.75, 3.05) is 13.1 Å². The van der Waals surface area contributed by atoms with Gasteiger partial charge in [-0.1, -0.05) is 41.1 Å². The quantitative estimate of drug-likeness (QED) is 0.633. The fraction of sp³-hybridized carbons (Fsp3) is 0.300. The predicted molar refractivity (Wildman–Crippen MR) is 102 cm³/mol. The number of benzene rings is 2. The molecule has 1 aromatic heterocycles. The van der Waals surface area contributed by atoms with E-state index < -0.39 is 10.0 Å². The van der Waals surface area contributed by atoms with Gasteiger partial charge in [0, 0.05) is 19.0 Å². The number of aryl methyl sites for hydroxylation is 1. The molecule has 0 aliphatic carbocycles. The number of hydrogen-bond donors (Lipinski definition) is 0. The number of ether oxygens (including phenoxy) is 1. The van der Waals surface area contributed by atoms with Crippen molar-refractivity contribution in [2.24, 2.45) is 0 Å². The Morgan fingerprint density at radius 1 is 1.14 bits per heavy atom. The third-order valence-electron chi connectivity index (χ3n) is 4.76. The van der Waals surface area contributed by atoms with Gasteiger partial charge in [-0.2, -0.15) is 9.29 Å². The Bertz CT molecular complexity index is 1030. The van der Waals surface area contributed by atoms with Crippen LogP contribution in [0.1, 0.15) is 29.6 Å². The lowest BCUT2D eigenvalue weighted by molar-refractivity contribution is 0.242. The van der Waals surface area contributed by atoms with E-state index in [1.54, 1.807) is 30.3 Å². The normalized spacial score (nSPS) is 17.7. The molecule has 1 fully saturated rings. The van der Waals surface area contributed by atoms with Gasteiger partial charge >= 0.3 is 0 Å². The Balaban J connectivity index is 1.39. The van der Waals surface area contributed by atoms with Crippen LogP contribution >= 0.6 is 0 Å². The van der Waals surface area contributed by atoms with Gasteiger partial charge in [0.25, 0.3) is 5.89 Å². The summed E-state index contributed by atoms with van der Waals surface area (Å²) in [5.41, 5.74) is 1.16. The van der Waals surface area contributed by atoms with Gasteiger partial charge in [0.05, 0.1) is 4.90 Å². The second kappa shape index (κ2) is 7.73. The highest BCUT2D eigenvalue weighted by Crippen LogP contribution is 2.29. The van der Waals surface area contributed by atoms with Crippen LogP contribution in [-0.2, 0) is 16.6 Å². The van der Waals surface area contributed by atoms with E-state index in [-0.39, 0.29) is 12.5 Å². The first-order valence-electron chi connectivity index (χ1n) is 9.09. The molecule has 0 radical (unpaired) electrons. The molecular formula is C20H21N3O4S. The summed E-state index contributed by atoms with van der Waals surface area (Å²) in [6, 6.07) is 16.2. The molecule has 1 saturated heterocycles. The lowest BCUT2D eigenvalue weighted by Crippen LogP contribution is -2.28. The Kier molecular flexibility index (Phi) is 5.15. The summed E-state index contributed by atoms with van der Waals surface area (Å²) >= 11 is 0. The van der Waals surface area contributed by atoms with Gasteiger partial charge in [-0.05, 0) is 37.6 Å². The first-order chi connectivity index (χ1) is 13.5. The number of sulfonamides is 1. The van der Waals surface area contributed by atoms with Crippen LogP contribution in [0.2, 0.25) is 0 Å². The van der Waals surface area contributed by atoms with Crippen molar-refractivity contribution in [1.82, 2.24) is 14.4 Å². The maximum atomic E-state index is 12.7. The average Bonchev–Trinajstić information content (AvgIpc) is 3.38. The third-order valence-corrected chi connectivity index (χ3v) is 6.64. The van der Waals surface area contributed by atoms with E-state index in [1.807, 2.05) is 31.2 Å². The highest BCUT2D eigenvalue weighted by molar-refractivity contribution is 7.89. The molecule has 0 amide bonds. The SMILES string of the molecule is Cc1ccc(OCc2nc(C3CCN(S(=O)(=O)c4ccccc4)C3)no2)cc1. The van der Waals surface area contributed by atoms with Crippen LogP contribution in [0.4, 0.5) is 0 Å². The second-order valence-corrected chi connectivity index (χ2v) is 8.75. The molecule has 1 aliphatic heterocycles. The maximum Gasteiger partial charge on any atom is 0.264 e. The largest absolute Gasteiger partial charge is 0.484 e. The molecule has 0 N–H and O–H groups in total. The van der Waals surface area contributed by atoms with E-state index in [1.165, 1.54) is 4.31 Å². The summed E-state index contributed by atoms with van der Waals surface area (Å²) in [4.78, 5) is 4.69. The zero-order chi connectivity index (χ0) is 19.6. The molecule has 8 heteroatoms. The molecule has 0 saturated carbocycles. The number of aromatic nitrogens is 2. The van der Waals surface area contributed by atoms with E-state index in [9.17, 15) is 8.42 Å². The van der Waals surface area contributed by atoms with Crippen molar-refractivity contribution in [1.29, 1.82) is 0 Å². The van der Waals surface area contributed by atoms with Gasteiger partial charge in [0.1, 0.15) is 5.75 Å². The fourth-order valence-electron chi connectivity index (χ4n) is 3.17. The second-order valence-electron chi connectivity index (χ2n) is 6.81. The molecule has 1 atom stereocenters. The molecule has 2 aromatic carbocycles. The molecule has 1 aliphatic rings. The molecule has 28 heavy (non-hydrogen) atoms. The van der Waals surface area contributed by atoms with Crippen molar-refractivity contribution >= 4 is 10.0 Å². The lowest BCUT2D eigenvalue weighted by atomic mass is 10.1. The topological polar surface area (TPSA) is 85.5 Å². The minimum Gasteiger partial charge on any atom is -0.484 e. The van der Waals surface area contributed by atoms with E-state index in [4.69, 9.17) is 9.26 Å². The van der Waals surface area contributed by atoms with Crippen LogP contribution in [0.5, 0.6) is 5.75 Å². The molecule has 4 rings (SSSR count). The minimum atomic E-state index is -3.50. The van der Waals surface area contributed by atoms with E-state index in [2.05, 4.69) is 10.1 Å². The van der Waals surface area contributed by atoms with Gasteiger partial charge in [-0.15, -0.1) is 0 Å². The van der Waals surface area contributed by atoms with Crippen LogP contribution in [0.15, 0.2) is 64.0 Å². The van der Waals surface area contributed by atoms with Crippen LogP contribution < -0.4 is 4.74 Å². The lowest BCUT2D eigenvalue weighted by Gasteiger charge is -2.15. The Morgan fingerprint density at radius 3 is 2.64 bits per heavy atom. The Hall–Kier alpha value is -2.71. The molecular weight excluding hydrogens is 378 g/mol. The molecule has 0 bridgehead atoms. The van der Waals surface area contributed by atoms with Gasteiger partial charge < -0.3 is 9.26 Å². The summed E-state index contributed by atoms with van der Waals surface area (Å²) in [5.74, 6) is 1.54. The third kappa shape index (κ3) is 3.93. The average molecular weight is 399 g/mol. The standard InChI is InChI=1S/C20H21N3O4S/c1-15-7-9-17(10-8-15)26-14-19-21-20(22-27-19)16-11-12-23(13-16)28(24,25)18-5-3-2-4-6-18/h2-10,16H,11-14H2,1H3. The van der Waals surface area contributed by atoms with Crippen LogP contribution in [0, 0.1) is 6.92 Å². The smallest absolute Gasteiger partial charge is 0.264 e. The van der Waals surface area contributed by atoms with Crippen molar-refractivity contribution < 1.29 is 17.7 Å². The van der Waals surface area contributed by atoms with Gasteiger partial charge in [-0.25, -0.2) is 8.42 Å². The summed E-state index contributed by atoms with van der Waals surface area (Å²) in [6.45, 7) is 2.96. The van der Waals surface area contributed by atoms with Gasteiger partial charge in [0.15, 0.2) is 12.4 Å². The van der Waals surface area contributed by atoms with Crippen molar-refractivity contribution in [3.63, 3.8) is 0 Å². The highest BCUT2D eigenvalue weighted by Gasteiger charge is 2.35. The van der Waals surface area contributed by atoms with Crippen LogP contribution in [-0.4, -0.2) is 36.0 Å². The first kappa shape index (κ1) is 18.6. The molecule has 2 heterocycles. The molecule has 1 unspecified atom stereocenters. The van der Waals surface area contributed by atoms with E-state index in [0.29, 0.717) is 36.1 Å². The monoisotopic (exact) mass is 399 g/mol. The Morgan fingerprint density at radius 2 is 1.89 bits per heavy atom. The molecule has 3 aromatic rings. The van der Waals surface area contributed by atoms with Gasteiger partial charge in [-0.3, -0.25) is 0 Å². The molecule has 0 spiro atoms. The minimum absolute atomic E-state index is 0.0876. The fourth-order valence-corrected chi connectivity index (χ4v) is 4.69. The number of hydrogen-bond acceptors (Lipinski definition) is 6. The molecule has 7 nitrogen and oxygen atoms in total. The zero-order valence-corrected chi connectivity index (χ0v) is 16.3. The number of rotatable bonds is 6. The summed E-state index contributed by atoms with van der Waals surface area (Å²) < 4.78 is 37.9. The summed E-state index contributed by atoms with van der Waals surface area (Å²) in [5, 5.41) is 4.03. The highest BCUT2D eigenvalue weighted by atomic mass is 32.2. The Labute approximate surface area is 164 Å². The summed E-state index contributed by atoms with van der Waals surface area (Å²) in [7, 11) is -3.50. The van der Waals surface area contributed by atoms with Crippen molar-refractivity contribution in [3.8, 4) is 5.75 Å². The van der Waals surface area contributed by atoms with Crippen molar-refractivity contribution in [3.05, 3.63) is 71.9 Å². The maximum absolute atomic E-state index is 12.7.